The molecular weight excluding hydrogens is 703 g/mol. The number of allylic oxidation sites excluding steroid dienone is 11. The highest BCUT2D eigenvalue weighted by Gasteiger charge is 2.41. The van der Waals surface area contributed by atoms with Gasteiger partial charge in [0, 0.05) is 30.9 Å². The van der Waals surface area contributed by atoms with E-state index in [0.29, 0.717) is 23.9 Å². The lowest BCUT2D eigenvalue weighted by Gasteiger charge is -2.28. The van der Waals surface area contributed by atoms with Gasteiger partial charge in [0.15, 0.2) is 5.17 Å². The molecule has 0 bridgehead atoms. The van der Waals surface area contributed by atoms with Gasteiger partial charge in [0.2, 0.25) is 12.3 Å². The summed E-state index contributed by atoms with van der Waals surface area (Å²) in [6.07, 6.45) is 23.0. The molecule has 11 nitrogen and oxygen atoms in total. The molecule has 0 spiro atoms. The maximum Gasteiger partial charge on any atom is 0.317 e. The molecule has 2 atom stereocenters. The first-order chi connectivity index (χ1) is 26.2. The van der Waals surface area contributed by atoms with Gasteiger partial charge in [-0.3, -0.25) is 19.3 Å². The number of thioether (sulfide) groups is 1. The van der Waals surface area contributed by atoms with Gasteiger partial charge in [-0.25, -0.2) is 4.99 Å². The van der Waals surface area contributed by atoms with E-state index in [4.69, 9.17) is 19.6 Å². The van der Waals surface area contributed by atoms with Crippen LogP contribution < -0.4 is 15.5 Å². The molecule has 2 aliphatic rings. The maximum atomic E-state index is 13.7. The molecule has 2 saturated heterocycles. The lowest BCUT2D eigenvalue weighted by Crippen LogP contribution is -2.36. The second-order valence-corrected chi connectivity index (χ2v) is 12.3. The molecule has 0 aliphatic carbocycles. The van der Waals surface area contributed by atoms with E-state index in [1.165, 1.54) is 23.5 Å². The predicted molar refractivity (Wildman–Crippen MR) is 227 cm³/mol. The number of nitrogens with one attached hydrogen (secondary N) is 2. The standard InChI is InChI=1S/C29H36N4O4S.C7H12.C4H9NO2.C2H6/c1-4-9-23(10-7-8-15-30-22-34)27-28(35)33(21-26(6-3)37-18-5-2)29(38-27)31-24-11-13-25(14-12-24)32-16-19-36-20-17-32;1-4-6-7(3)5-2;1-2-5-3-4(6)7;1-2/h4-15,18,22-23,27H,16-17,19-21H2,1-3H3,(H,30,34);4-6H,1-3H3;5H,2-3H2,1H3,(H,6,7);1-2H3/b9-4-,10-7?,15-8+,18-5-,26-6-,31-29?;6-4-,7-5-;;. The summed E-state index contributed by atoms with van der Waals surface area (Å²) >= 11 is 1.45. The van der Waals surface area contributed by atoms with Crippen LogP contribution in [0.5, 0.6) is 0 Å². The van der Waals surface area contributed by atoms with Gasteiger partial charge in [0.05, 0.1) is 38.3 Å². The first-order valence-electron chi connectivity index (χ1n) is 18.5. The second kappa shape index (κ2) is 31.8. The minimum absolute atomic E-state index is 0.0372. The van der Waals surface area contributed by atoms with Crippen LogP contribution in [-0.2, 0) is 23.9 Å². The number of carboxylic acid groups (broad SMARTS) is 1. The van der Waals surface area contributed by atoms with Crippen LogP contribution in [0.15, 0.2) is 114 Å². The number of rotatable bonds is 16. The zero-order valence-electron chi connectivity index (χ0n) is 33.7. The van der Waals surface area contributed by atoms with Crippen molar-refractivity contribution in [2.75, 3.05) is 50.8 Å². The van der Waals surface area contributed by atoms with Crippen LogP contribution in [-0.4, -0.2) is 84.6 Å². The van der Waals surface area contributed by atoms with Crippen molar-refractivity contribution in [1.82, 2.24) is 15.5 Å². The number of amides is 2. The highest BCUT2D eigenvalue weighted by atomic mass is 32.2. The van der Waals surface area contributed by atoms with Crippen LogP contribution in [0.1, 0.15) is 62.3 Å². The number of anilines is 1. The number of ether oxygens (including phenoxy) is 2. The number of hydrogen-bond acceptors (Lipinski definition) is 9. The van der Waals surface area contributed by atoms with Gasteiger partial charge in [-0.05, 0) is 84.5 Å². The SMILES string of the molecule is C/C=C\C(C)=C/C.C/C=C\O/C(=C\C)CN1C(=O)C(C(C=C/C=C/NC=O)/C=C\C)SC1=Nc1ccc(N2CCOCC2)cc1.CC.CCNCC(=O)O. The molecule has 1 aromatic carbocycles. The molecule has 0 aromatic heterocycles. The van der Waals surface area contributed by atoms with Gasteiger partial charge in [-0.2, -0.15) is 0 Å². The second-order valence-electron chi connectivity index (χ2n) is 11.2. The topological polar surface area (TPSA) is 133 Å². The molecule has 2 fully saturated rings. The van der Waals surface area contributed by atoms with Gasteiger partial charge in [0.25, 0.3) is 0 Å². The Morgan fingerprint density at radius 3 is 2.22 bits per heavy atom. The Bertz CT molecular complexity index is 1460. The van der Waals surface area contributed by atoms with Crippen LogP contribution in [0.3, 0.4) is 0 Å². The fourth-order valence-electron chi connectivity index (χ4n) is 4.55. The van der Waals surface area contributed by atoms with Crippen molar-refractivity contribution in [3.63, 3.8) is 0 Å². The molecule has 2 amide bonds. The van der Waals surface area contributed by atoms with Gasteiger partial charge in [-0.15, -0.1) is 0 Å². The Balaban J connectivity index is 0.00000147. The molecule has 298 valence electrons. The summed E-state index contributed by atoms with van der Waals surface area (Å²) < 4.78 is 11.2. The minimum atomic E-state index is -0.804. The minimum Gasteiger partial charge on any atom is -0.480 e. The molecule has 1 aromatic rings. The van der Waals surface area contributed by atoms with Crippen molar-refractivity contribution < 1.29 is 29.0 Å². The van der Waals surface area contributed by atoms with Crippen molar-refractivity contribution in [1.29, 1.82) is 0 Å². The third-order valence-electron chi connectivity index (χ3n) is 7.30. The van der Waals surface area contributed by atoms with Gasteiger partial charge in [-0.1, -0.05) is 86.7 Å². The number of hydrogen-bond donors (Lipinski definition) is 3. The van der Waals surface area contributed by atoms with E-state index < -0.39 is 5.97 Å². The molecule has 0 radical (unpaired) electrons. The average molecular weight is 766 g/mol. The first kappa shape index (κ1) is 49.4. The molecule has 2 unspecified atom stereocenters. The zero-order valence-corrected chi connectivity index (χ0v) is 34.5. The third kappa shape index (κ3) is 20.6. The number of benzene rings is 1. The highest BCUT2D eigenvalue weighted by Crippen LogP contribution is 2.36. The van der Waals surface area contributed by atoms with Crippen molar-refractivity contribution >= 4 is 46.6 Å². The summed E-state index contributed by atoms with van der Waals surface area (Å²) in [6.45, 7) is 22.0. The summed E-state index contributed by atoms with van der Waals surface area (Å²) in [5, 5.41) is 13.3. The number of carbonyl (C=O) groups is 3. The normalized spacial score (nSPS) is 17.8. The maximum absolute atomic E-state index is 13.7. The lowest BCUT2D eigenvalue weighted by atomic mass is 10.0. The Hall–Kier alpha value is -4.65. The Morgan fingerprint density at radius 1 is 1.04 bits per heavy atom. The van der Waals surface area contributed by atoms with Crippen LogP contribution in [0.25, 0.3) is 0 Å². The molecule has 0 saturated carbocycles. The first-order valence-corrected chi connectivity index (χ1v) is 19.3. The van der Waals surface area contributed by atoms with Crippen LogP contribution in [0.2, 0.25) is 0 Å². The molecule has 12 heteroatoms. The lowest BCUT2D eigenvalue weighted by molar-refractivity contribution is -0.136. The van der Waals surface area contributed by atoms with E-state index in [1.807, 2.05) is 104 Å². The largest absolute Gasteiger partial charge is 0.480 e. The van der Waals surface area contributed by atoms with E-state index in [-0.39, 0.29) is 30.2 Å². The molecule has 2 heterocycles. The third-order valence-corrected chi connectivity index (χ3v) is 8.59. The van der Waals surface area contributed by atoms with Crippen LogP contribution in [0.4, 0.5) is 11.4 Å². The molecule has 54 heavy (non-hydrogen) atoms. The Kier molecular flexibility index (Phi) is 29.1. The molecule has 3 N–H and O–H groups in total. The molecular formula is C42H63N5O6S. The van der Waals surface area contributed by atoms with Crippen molar-refractivity contribution in [2.24, 2.45) is 10.9 Å². The number of likely N-dealkylation sites (N-methyl/N-ethyl adjacent to an activating group) is 1. The zero-order chi connectivity index (χ0) is 40.6. The predicted octanol–water partition coefficient (Wildman–Crippen LogP) is 8.15. The van der Waals surface area contributed by atoms with Crippen LogP contribution >= 0.6 is 11.8 Å². The Labute approximate surface area is 328 Å². The summed E-state index contributed by atoms with van der Waals surface area (Å²) in [5.41, 5.74) is 3.23. The van der Waals surface area contributed by atoms with E-state index in [0.717, 1.165) is 37.7 Å². The smallest absolute Gasteiger partial charge is 0.317 e. The fourth-order valence-corrected chi connectivity index (χ4v) is 5.78. The number of morpholine rings is 1. The average Bonchev–Trinajstić information content (AvgIpc) is 3.50. The molecule has 3 rings (SSSR count). The summed E-state index contributed by atoms with van der Waals surface area (Å²) in [7, 11) is 0. The number of aliphatic imine (C=N–C) groups is 1. The van der Waals surface area contributed by atoms with Gasteiger partial charge < -0.3 is 30.1 Å². The fraction of sp³-hybridized carbons (Fsp3) is 0.429. The van der Waals surface area contributed by atoms with Crippen molar-refractivity contribution in [2.45, 2.75) is 67.6 Å². The molecule has 2 aliphatic heterocycles. The quantitative estimate of drug-likeness (QED) is 0.0660. The summed E-state index contributed by atoms with van der Waals surface area (Å²) in [5.74, 6) is -0.344. The number of amidine groups is 1. The van der Waals surface area contributed by atoms with E-state index >= 15 is 0 Å². The van der Waals surface area contributed by atoms with E-state index in [9.17, 15) is 14.4 Å². The van der Waals surface area contributed by atoms with E-state index in [1.54, 1.807) is 23.3 Å². The highest BCUT2D eigenvalue weighted by molar-refractivity contribution is 8.15. The number of nitrogens with zero attached hydrogens (tertiary/aromatic N) is 3. The van der Waals surface area contributed by atoms with Gasteiger partial charge in [0.1, 0.15) is 11.0 Å². The summed E-state index contributed by atoms with van der Waals surface area (Å²) in [6, 6.07) is 8.09. The van der Waals surface area contributed by atoms with E-state index in [2.05, 4.69) is 46.7 Å². The monoisotopic (exact) mass is 765 g/mol. The number of aliphatic carboxylic acids is 1. The van der Waals surface area contributed by atoms with Crippen molar-refractivity contribution in [3.8, 4) is 0 Å². The summed E-state index contributed by atoms with van der Waals surface area (Å²) in [4.78, 5) is 42.7. The van der Waals surface area contributed by atoms with Crippen molar-refractivity contribution in [3.05, 3.63) is 109 Å². The number of carboxylic acids is 1. The Morgan fingerprint density at radius 2 is 1.72 bits per heavy atom. The van der Waals surface area contributed by atoms with Gasteiger partial charge >= 0.3 is 5.97 Å². The number of carbonyl (C=O) groups excluding carboxylic acids is 2. The van der Waals surface area contributed by atoms with Crippen LogP contribution in [0, 0.1) is 5.92 Å².